The Hall–Kier alpha value is -2.99. The van der Waals surface area contributed by atoms with Crippen LogP contribution in [0.5, 0.6) is 5.75 Å². The first-order chi connectivity index (χ1) is 12.3. The van der Waals surface area contributed by atoms with Gasteiger partial charge in [-0.25, -0.2) is 9.78 Å². The summed E-state index contributed by atoms with van der Waals surface area (Å²) in [6, 6.07) is 14.2. The van der Waals surface area contributed by atoms with Crippen LogP contribution in [0.2, 0.25) is 0 Å². The number of morpholine rings is 1. The van der Waals surface area contributed by atoms with Crippen molar-refractivity contribution in [3.63, 3.8) is 0 Å². The smallest absolute Gasteiger partial charge is 0.343 e. The van der Waals surface area contributed by atoms with Gasteiger partial charge in [-0.1, -0.05) is 18.2 Å². The van der Waals surface area contributed by atoms with E-state index in [0.717, 1.165) is 24.4 Å². The Bertz CT molecular complexity index is 893. The van der Waals surface area contributed by atoms with E-state index >= 15 is 0 Å². The number of rotatable bonds is 3. The van der Waals surface area contributed by atoms with Gasteiger partial charge in [-0.05, 0) is 24.3 Å². The Kier molecular flexibility index (Phi) is 4.26. The minimum absolute atomic E-state index is 0.391. The molecule has 0 saturated carbocycles. The standard InChI is InChI=1S/C19H17N3O3/c23-19(14-4-2-1-3-5-14)25-15-6-7-16-17(12-15)21-18(13-20-16)22-8-10-24-11-9-22/h1-7,12-13H,8-11H2. The van der Waals surface area contributed by atoms with Gasteiger partial charge in [0.05, 0.1) is 36.0 Å². The number of benzene rings is 2. The molecule has 126 valence electrons. The maximum Gasteiger partial charge on any atom is 0.343 e. The first-order valence-corrected chi connectivity index (χ1v) is 8.16. The zero-order chi connectivity index (χ0) is 17.1. The molecule has 0 N–H and O–H groups in total. The fourth-order valence-corrected chi connectivity index (χ4v) is 2.73. The average Bonchev–Trinajstić information content (AvgIpc) is 2.69. The second-order valence-electron chi connectivity index (χ2n) is 5.73. The molecule has 1 aromatic heterocycles. The van der Waals surface area contributed by atoms with E-state index in [1.807, 2.05) is 6.07 Å². The van der Waals surface area contributed by atoms with Crippen LogP contribution in [-0.4, -0.2) is 42.2 Å². The topological polar surface area (TPSA) is 64.5 Å². The summed E-state index contributed by atoms with van der Waals surface area (Å²) in [6.07, 6.45) is 1.77. The second-order valence-corrected chi connectivity index (χ2v) is 5.73. The van der Waals surface area contributed by atoms with E-state index in [0.29, 0.717) is 30.0 Å². The van der Waals surface area contributed by atoms with Gasteiger partial charge in [-0.2, -0.15) is 0 Å². The molecule has 1 aliphatic rings. The maximum atomic E-state index is 12.2. The molecule has 2 aromatic carbocycles. The highest BCUT2D eigenvalue weighted by molar-refractivity contribution is 5.91. The summed E-state index contributed by atoms with van der Waals surface area (Å²) < 4.78 is 10.8. The molecule has 4 rings (SSSR count). The van der Waals surface area contributed by atoms with E-state index in [1.165, 1.54) is 0 Å². The first-order valence-electron chi connectivity index (χ1n) is 8.16. The van der Waals surface area contributed by atoms with Crippen LogP contribution in [0.1, 0.15) is 10.4 Å². The Balaban J connectivity index is 1.59. The third-order valence-electron chi connectivity index (χ3n) is 4.06. The van der Waals surface area contributed by atoms with Gasteiger partial charge in [0.1, 0.15) is 11.6 Å². The number of aromatic nitrogens is 2. The minimum atomic E-state index is -0.391. The number of carbonyl (C=O) groups excluding carboxylic acids is 1. The highest BCUT2D eigenvalue weighted by Gasteiger charge is 2.14. The lowest BCUT2D eigenvalue weighted by Gasteiger charge is -2.27. The molecule has 0 atom stereocenters. The summed E-state index contributed by atoms with van der Waals surface area (Å²) >= 11 is 0. The lowest BCUT2D eigenvalue weighted by molar-refractivity contribution is 0.0735. The van der Waals surface area contributed by atoms with Gasteiger partial charge in [-0.15, -0.1) is 0 Å². The Morgan fingerprint density at radius 2 is 1.84 bits per heavy atom. The van der Waals surface area contributed by atoms with Crippen molar-refractivity contribution < 1.29 is 14.3 Å². The molecule has 25 heavy (non-hydrogen) atoms. The highest BCUT2D eigenvalue weighted by atomic mass is 16.5. The normalized spacial score (nSPS) is 14.5. The van der Waals surface area contributed by atoms with Crippen molar-refractivity contribution in [2.24, 2.45) is 0 Å². The Labute approximate surface area is 145 Å². The van der Waals surface area contributed by atoms with Crippen molar-refractivity contribution in [1.82, 2.24) is 9.97 Å². The molecule has 1 saturated heterocycles. The molecule has 1 aliphatic heterocycles. The summed E-state index contributed by atoms with van der Waals surface area (Å²) in [7, 11) is 0. The molecule has 0 bridgehead atoms. The monoisotopic (exact) mass is 335 g/mol. The van der Waals surface area contributed by atoms with Crippen molar-refractivity contribution >= 4 is 22.8 Å². The molecule has 2 heterocycles. The molecule has 6 nitrogen and oxygen atoms in total. The fraction of sp³-hybridized carbons (Fsp3) is 0.211. The number of anilines is 1. The molecule has 0 amide bonds. The van der Waals surface area contributed by atoms with Gasteiger partial charge in [0.2, 0.25) is 0 Å². The van der Waals surface area contributed by atoms with Crippen LogP contribution in [0.15, 0.2) is 54.7 Å². The molecular weight excluding hydrogens is 318 g/mol. The molecular formula is C19H17N3O3. The number of fused-ring (bicyclic) bond motifs is 1. The van der Waals surface area contributed by atoms with Gasteiger partial charge in [-0.3, -0.25) is 4.98 Å². The van der Waals surface area contributed by atoms with Crippen LogP contribution in [0.25, 0.3) is 11.0 Å². The molecule has 0 radical (unpaired) electrons. The summed E-state index contributed by atoms with van der Waals surface area (Å²) in [5.74, 6) is 0.870. The highest BCUT2D eigenvalue weighted by Crippen LogP contribution is 2.22. The summed E-state index contributed by atoms with van der Waals surface area (Å²) in [5, 5.41) is 0. The number of hydrogen-bond acceptors (Lipinski definition) is 6. The zero-order valence-electron chi connectivity index (χ0n) is 13.6. The SMILES string of the molecule is O=C(Oc1ccc2ncc(N3CCOCC3)nc2c1)c1ccccc1. The number of nitrogens with zero attached hydrogens (tertiary/aromatic N) is 3. The first kappa shape index (κ1) is 15.5. The van der Waals surface area contributed by atoms with Crippen molar-refractivity contribution in [2.75, 3.05) is 31.2 Å². The predicted octanol–water partition coefficient (Wildman–Crippen LogP) is 2.69. The zero-order valence-corrected chi connectivity index (χ0v) is 13.6. The number of esters is 1. The quantitative estimate of drug-likeness (QED) is 0.542. The van der Waals surface area contributed by atoms with Gasteiger partial charge >= 0.3 is 5.97 Å². The molecule has 6 heteroatoms. The van der Waals surface area contributed by atoms with Crippen LogP contribution in [0, 0.1) is 0 Å². The van der Waals surface area contributed by atoms with Crippen molar-refractivity contribution in [3.8, 4) is 5.75 Å². The lowest BCUT2D eigenvalue weighted by atomic mass is 10.2. The predicted molar refractivity (Wildman–Crippen MR) is 94.0 cm³/mol. The van der Waals surface area contributed by atoms with Crippen molar-refractivity contribution in [2.45, 2.75) is 0 Å². The van der Waals surface area contributed by atoms with Crippen LogP contribution in [0.4, 0.5) is 5.82 Å². The average molecular weight is 335 g/mol. The van der Waals surface area contributed by atoms with Crippen LogP contribution < -0.4 is 9.64 Å². The summed E-state index contributed by atoms with van der Waals surface area (Å²) in [5.41, 5.74) is 1.97. The second kappa shape index (κ2) is 6.86. The van der Waals surface area contributed by atoms with Crippen LogP contribution in [-0.2, 0) is 4.74 Å². The fourth-order valence-electron chi connectivity index (χ4n) is 2.73. The largest absolute Gasteiger partial charge is 0.423 e. The molecule has 0 spiro atoms. The maximum absolute atomic E-state index is 12.2. The number of carbonyl (C=O) groups is 1. The number of ether oxygens (including phenoxy) is 2. The molecule has 3 aromatic rings. The van der Waals surface area contributed by atoms with E-state index in [-0.39, 0.29) is 0 Å². The summed E-state index contributed by atoms with van der Waals surface area (Å²) in [4.78, 5) is 23.4. The van der Waals surface area contributed by atoms with Gasteiger partial charge in [0, 0.05) is 19.2 Å². The molecule has 0 unspecified atom stereocenters. The molecule has 0 aliphatic carbocycles. The van der Waals surface area contributed by atoms with Gasteiger partial charge < -0.3 is 14.4 Å². The van der Waals surface area contributed by atoms with E-state index < -0.39 is 5.97 Å². The Morgan fingerprint density at radius 3 is 2.64 bits per heavy atom. The van der Waals surface area contributed by atoms with Gasteiger partial charge in [0.15, 0.2) is 0 Å². The van der Waals surface area contributed by atoms with Crippen molar-refractivity contribution in [1.29, 1.82) is 0 Å². The minimum Gasteiger partial charge on any atom is -0.423 e. The van der Waals surface area contributed by atoms with E-state index in [9.17, 15) is 4.79 Å². The van der Waals surface area contributed by atoms with Crippen molar-refractivity contribution in [3.05, 3.63) is 60.3 Å². The summed E-state index contributed by atoms with van der Waals surface area (Å²) in [6.45, 7) is 2.97. The third kappa shape index (κ3) is 3.44. The Morgan fingerprint density at radius 1 is 1.04 bits per heavy atom. The molecule has 1 fully saturated rings. The van der Waals surface area contributed by atoms with Gasteiger partial charge in [0.25, 0.3) is 0 Å². The van der Waals surface area contributed by atoms with Crippen LogP contribution in [0.3, 0.4) is 0 Å². The van der Waals surface area contributed by atoms with E-state index in [1.54, 1.807) is 48.7 Å². The van der Waals surface area contributed by atoms with Crippen LogP contribution >= 0.6 is 0 Å². The van der Waals surface area contributed by atoms with E-state index in [2.05, 4.69) is 14.9 Å². The third-order valence-corrected chi connectivity index (χ3v) is 4.06. The lowest BCUT2D eigenvalue weighted by Crippen LogP contribution is -2.36. The number of hydrogen-bond donors (Lipinski definition) is 0. The van der Waals surface area contributed by atoms with E-state index in [4.69, 9.17) is 9.47 Å².